The van der Waals surface area contributed by atoms with Gasteiger partial charge in [0, 0.05) is 6.61 Å². The summed E-state index contributed by atoms with van der Waals surface area (Å²) in [4.78, 5) is 20.4. The molecular formula is C19H19BrN2O2S2. The summed E-state index contributed by atoms with van der Waals surface area (Å²) in [7, 11) is 0. The van der Waals surface area contributed by atoms with E-state index in [1.54, 1.807) is 16.2 Å². The normalized spacial score (nSPS) is 17.1. The first kappa shape index (κ1) is 18.1. The van der Waals surface area contributed by atoms with Crippen molar-refractivity contribution in [3.63, 3.8) is 0 Å². The molecule has 2 aromatic heterocycles. The molecule has 1 atom stereocenters. The van der Waals surface area contributed by atoms with E-state index in [0.717, 1.165) is 45.0 Å². The third-order valence-corrected chi connectivity index (χ3v) is 7.17. The van der Waals surface area contributed by atoms with Crippen LogP contribution in [0.1, 0.15) is 35.0 Å². The SMILES string of the molecule is CCc1ccc2nc(N(CC3CCCO3)C(=O)c3ccc(Br)s3)sc2c1. The average molecular weight is 451 g/mol. The first-order valence-corrected chi connectivity index (χ1v) is 11.1. The number of thiazole rings is 1. The molecule has 1 fully saturated rings. The van der Waals surface area contributed by atoms with Gasteiger partial charge in [-0.05, 0) is 65.0 Å². The number of hydrogen-bond acceptors (Lipinski definition) is 5. The van der Waals surface area contributed by atoms with Gasteiger partial charge in [0.15, 0.2) is 5.13 Å². The van der Waals surface area contributed by atoms with E-state index in [2.05, 4.69) is 35.0 Å². The van der Waals surface area contributed by atoms with Gasteiger partial charge in [-0.1, -0.05) is 24.3 Å². The minimum absolute atomic E-state index is 0.00836. The van der Waals surface area contributed by atoms with Gasteiger partial charge in [-0.25, -0.2) is 4.98 Å². The number of anilines is 1. The van der Waals surface area contributed by atoms with Crippen molar-refractivity contribution in [3.05, 3.63) is 44.6 Å². The Hall–Kier alpha value is -1.28. The number of nitrogens with zero attached hydrogens (tertiary/aromatic N) is 2. The Morgan fingerprint density at radius 2 is 2.23 bits per heavy atom. The van der Waals surface area contributed by atoms with E-state index in [4.69, 9.17) is 9.72 Å². The van der Waals surface area contributed by atoms with E-state index in [0.29, 0.717) is 11.4 Å². The van der Waals surface area contributed by atoms with Crippen LogP contribution in [0.15, 0.2) is 34.1 Å². The van der Waals surface area contributed by atoms with Crippen LogP contribution >= 0.6 is 38.6 Å². The fraction of sp³-hybridized carbons (Fsp3) is 0.368. The summed E-state index contributed by atoms with van der Waals surface area (Å²) in [5.41, 5.74) is 2.23. The van der Waals surface area contributed by atoms with Gasteiger partial charge < -0.3 is 4.74 Å². The van der Waals surface area contributed by atoms with Crippen LogP contribution in [-0.2, 0) is 11.2 Å². The molecule has 0 N–H and O–H groups in total. The third-order valence-electron chi connectivity index (χ3n) is 4.52. The number of ether oxygens (including phenoxy) is 1. The molecule has 1 amide bonds. The largest absolute Gasteiger partial charge is 0.376 e. The molecule has 7 heteroatoms. The molecule has 1 aliphatic heterocycles. The lowest BCUT2D eigenvalue weighted by Crippen LogP contribution is -2.37. The van der Waals surface area contributed by atoms with Crippen LogP contribution in [-0.4, -0.2) is 30.1 Å². The maximum Gasteiger partial charge on any atom is 0.270 e. The third kappa shape index (κ3) is 3.71. The summed E-state index contributed by atoms with van der Waals surface area (Å²) in [6.45, 7) is 3.47. The summed E-state index contributed by atoms with van der Waals surface area (Å²) in [5.74, 6) is -0.00836. The van der Waals surface area contributed by atoms with Gasteiger partial charge in [0.1, 0.15) is 0 Å². The van der Waals surface area contributed by atoms with E-state index in [1.807, 2.05) is 18.2 Å². The number of aromatic nitrogens is 1. The van der Waals surface area contributed by atoms with E-state index in [9.17, 15) is 4.79 Å². The minimum atomic E-state index is -0.00836. The Balaban J connectivity index is 1.70. The summed E-state index contributed by atoms with van der Waals surface area (Å²) >= 11 is 6.48. The first-order chi connectivity index (χ1) is 12.6. The monoisotopic (exact) mass is 450 g/mol. The van der Waals surface area contributed by atoms with E-state index in [1.165, 1.54) is 16.9 Å². The van der Waals surface area contributed by atoms with Crippen molar-refractivity contribution in [3.8, 4) is 0 Å². The Labute approximate surface area is 168 Å². The molecule has 1 aromatic carbocycles. The molecule has 3 heterocycles. The average Bonchev–Trinajstić information content (AvgIpc) is 3.38. The highest BCUT2D eigenvalue weighted by Gasteiger charge is 2.27. The first-order valence-electron chi connectivity index (χ1n) is 8.72. The highest BCUT2D eigenvalue weighted by atomic mass is 79.9. The van der Waals surface area contributed by atoms with Crippen molar-refractivity contribution in [2.45, 2.75) is 32.3 Å². The molecule has 4 nitrogen and oxygen atoms in total. The lowest BCUT2D eigenvalue weighted by atomic mass is 10.2. The predicted molar refractivity (Wildman–Crippen MR) is 112 cm³/mol. The Morgan fingerprint density at radius 3 is 2.92 bits per heavy atom. The second-order valence-corrected chi connectivity index (χ2v) is 9.78. The second-order valence-electron chi connectivity index (χ2n) is 6.31. The molecule has 4 rings (SSSR count). The van der Waals surface area contributed by atoms with Crippen molar-refractivity contribution in [1.29, 1.82) is 0 Å². The number of rotatable bonds is 5. The van der Waals surface area contributed by atoms with Gasteiger partial charge in [-0.3, -0.25) is 9.69 Å². The molecule has 0 aliphatic carbocycles. The molecule has 3 aromatic rings. The predicted octanol–water partition coefficient (Wildman–Crippen LogP) is 5.51. The van der Waals surface area contributed by atoms with Gasteiger partial charge in [0.25, 0.3) is 5.91 Å². The molecule has 1 saturated heterocycles. The Bertz CT molecular complexity index is 931. The lowest BCUT2D eigenvalue weighted by Gasteiger charge is -2.22. The molecule has 1 unspecified atom stereocenters. The quantitative estimate of drug-likeness (QED) is 0.514. The van der Waals surface area contributed by atoms with Crippen molar-refractivity contribution in [1.82, 2.24) is 4.98 Å². The van der Waals surface area contributed by atoms with Crippen LogP contribution in [0.2, 0.25) is 0 Å². The van der Waals surface area contributed by atoms with Crippen LogP contribution in [0, 0.1) is 0 Å². The molecule has 0 saturated carbocycles. The number of thiophene rings is 1. The van der Waals surface area contributed by atoms with Gasteiger partial charge in [-0.2, -0.15) is 0 Å². The standard InChI is InChI=1S/C19H19BrN2O2S2/c1-2-12-5-6-14-16(10-12)26-19(21-14)22(11-13-4-3-9-24-13)18(23)15-7-8-17(20)25-15/h5-8,10,13H,2-4,9,11H2,1H3. The summed E-state index contributed by atoms with van der Waals surface area (Å²) in [6, 6.07) is 10.1. The summed E-state index contributed by atoms with van der Waals surface area (Å²) in [5, 5.41) is 0.748. The number of aryl methyl sites for hydroxylation is 1. The van der Waals surface area contributed by atoms with E-state index >= 15 is 0 Å². The molecule has 0 radical (unpaired) electrons. The minimum Gasteiger partial charge on any atom is -0.376 e. The fourth-order valence-electron chi connectivity index (χ4n) is 3.09. The van der Waals surface area contributed by atoms with Gasteiger partial charge in [-0.15, -0.1) is 11.3 Å². The van der Waals surface area contributed by atoms with Crippen molar-refractivity contribution in [2.24, 2.45) is 0 Å². The Kier molecular flexibility index (Phi) is 5.40. The van der Waals surface area contributed by atoms with Gasteiger partial charge >= 0.3 is 0 Å². The zero-order chi connectivity index (χ0) is 18.1. The van der Waals surface area contributed by atoms with Gasteiger partial charge in [0.05, 0.1) is 31.5 Å². The molecule has 0 spiro atoms. The maximum atomic E-state index is 13.2. The summed E-state index contributed by atoms with van der Waals surface area (Å²) < 4.78 is 7.86. The smallest absolute Gasteiger partial charge is 0.270 e. The molecule has 1 aliphatic rings. The van der Waals surface area contributed by atoms with Crippen molar-refractivity contribution in [2.75, 3.05) is 18.1 Å². The fourth-order valence-corrected chi connectivity index (χ4v) is 5.47. The number of halogens is 1. The zero-order valence-electron chi connectivity index (χ0n) is 14.4. The van der Waals surface area contributed by atoms with E-state index < -0.39 is 0 Å². The highest BCUT2D eigenvalue weighted by Crippen LogP contribution is 2.33. The molecular weight excluding hydrogens is 432 g/mol. The Morgan fingerprint density at radius 1 is 1.35 bits per heavy atom. The van der Waals surface area contributed by atoms with Crippen molar-refractivity contribution >= 4 is 59.9 Å². The van der Waals surface area contributed by atoms with Crippen LogP contribution < -0.4 is 4.90 Å². The van der Waals surface area contributed by atoms with E-state index in [-0.39, 0.29) is 12.0 Å². The maximum absolute atomic E-state index is 13.2. The van der Waals surface area contributed by atoms with Gasteiger partial charge in [0.2, 0.25) is 0 Å². The zero-order valence-corrected chi connectivity index (χ0v) is 17.6. The number of amides is 1. The number of carbonyl (C=O) groups excluding carboxylic acids is 1. The van der Waals surface area contributed by atoms with Crippen molar-refractivity contribution < 1.29 is 9.53 Å². The highest BCUT2D eigenvalue weighted by molar-refractivity contribution is 9.11. The summed E-state index contributed by atoms with van der Waals surface area (Å²) in [6.07, 6.45) is 3.12. The van der Waals surface area contributed by atoms with Crippen LogP contribution in [0.25, 0.3) is 10.2 Å². The molecule has 136 valence electrons. The van der Waals surface area contributed by atoms with Crippen LogP contribution in [0.4, 0.5) is 5.13 Å². The number of fused-ring (bicyclic) bond motifs is 1. The molecule has 0 bridgehead atoms. The second kappa shape index (κ2) is 7.76. The van der Waals surface area contributed by atoms with Crippen LogP contribution in [0.3, 0.4) is 0 Å². The number of carbonyl (C=O) groups is 1. The number of hydrogen-bond donors (Lipinski definition) is 0. The number of benzene rings is 1. The lowest BCUT2D eigenvalue weighted by molar-refractivity contribution is 0.0920. The topological polar surface area (TPSA) is 42.4 Å². The molecule has 26 heavy (non-hydrogen) atoms. The van der Waals surface area contributed by atoms with Crippen LogP contribution in [0.5, 0.6) is 0 Å².